The number of guanidine groups is 1. The van der Waals surface area contributed by atoms with Crippen molar-refractivity contribution in [3.63, 3.8) is 0 Å². The minimum atomic E-state index is -4.35. The molecule has 164 valence electrons. The van der Waals surface area contributed by atoms with E-state index in [1.165, 1.54) is 12.1 Å². The molecule has 2 aliphatic rings. The monoisotopic (exact) mass is 526 g/mol. The topological polar surface area (TPSA) is 40.1 Å². The van der Waals surface area contributed by atoms with Crippen LogP contribution in [0.25, 0.3) is 0 Å². The van der Waals surface area contributed by atoms with E-state index in [-0.39, 0.29) is 24.0 Å². The SMILES string of the molecule is CCNC(=NCC1CCN(C)C1)N1CCOC(c2cccc(C(F)(F)F)c2)C1.I. The standard InChI is InChI=1S/C20H29F3N4O.HI/c1-3-24-19(25-12-15-7-8-26(2)13-15)27-9-10-28-18(14-27)16-5-4-6-17(11-16)20(21,22)23;/h4-6,11,15,18H,3,7-10,12-14H2,1-2H3,(H,24,25);1H. The molecule has 1 aromatic rings. The molecule has 1 N–H and O–H groups in total. The van der Waals surface area contributed by atoms with Crippen LogP contribution >= 0.6 is 24.0 Å². The van der Waals surface area contributed by atoms with Gasteiger partial charge in [0.1, 0.15) is 6.10 Å². The van der Waals surface area contributed by atoms with Crippen LogP contribution in [0.4, 0.5) is 13.2 Å². The number of nitrogens with zero attached hydrogens (tertiary/aromatic N) is 3. The molecule has 0 aromatic heterocycles. The fraction of sp³-hybridized carbons (Fsp3) is 0.650. The number of hydrogen-bond donors (Lipinski definition) is 1. The van der Waals surface area contributed by atoms with Crippen molar-refractivity contribution in [2.45, 2.75) is 25.6 Å². The molecule has 29 heavy (non-hydrogen) atoms. The molecule has 0 bridgehead atoms. The number of halogens is 4. The lowest BCUT2D eigenvalue weighted by Gasteiger charge is -2.35. The zero-order chi connectivity index (χ0) is 20.1. The van der Waals surface area contributed by atoms with E-state index >= 15 is 0 Å². The summed E-state index contributed by atoms with van der Waals surface area (Å²) in [4.78, 5) is 9.21. The summed E-state index contributed by atoms with van der Waals surface area (Å²) >= 11 is 0. The summed E-state index contributed by atoms with van der Waals surface area (Å²) < 4.78 is 44.9. The number of ether oxygens (including phenoxy) is 1. The van der Waals surface area contributed by atoms with Crippen LogP contribution in [0.2, 0.25) is 0 Å². The zero-order valence-corrected chi connectivity index (χ0v) is 19.2. The summed E-state index contributed by atoms with van der Waals surface area (Å²) in [6.07, 6.45) is -3.61. The zero-order valence-electron chi connectivity index (χ0n) is 16.9. The molecule has 0 spiro atoms. The number of aliphatic imine (C=N–C) groups is 1. The minimum absolute atomic E-state index is 0. The van der Waals surface area contributed by atoms with Crippen molar-refractivity contribution in [3.05, 3.63) is 35.4 Å². The molecule has 0 amide bonds. The van der Waals surface area contributed by atoms with Gasteiger partial charge in [0.2, 0.25) is 0 Å². The van der Waals surface area contributed by atoms with Gasteiger partial charge in [-0.25, -0.2) is 0 Å². The minimum Gasteiger partial charge on any atom is -0.370 e. The van der Waals surface area contributed by atoms with E-state index in [4.69, 9.17) is 9.73 Å². The van der Waals surface area contributed by atoms with E-state index in [0.717, 1.165) is 44.6 Å². The molecule has 2 fully saturated rings. The van der Waals surface area contributed by atoms with Crippen LogP contribution in [0.5, 0.6) is 0 Å². The fourth-order valence-electron chi connectivity index (χ4n) is 3.78. The second kappa shape index (κ2) is 10.8. The lowest BCUT2D eigenvalue weighted by molar-refractivity contribution is -0.137. The maximum Gasteiger partial charge on any atom is 0.416 e. The summed E-state index contributed by atoms with van der Waals surface area (Å²) in [5, 5.41) is 3.32. The van der Waals surface area contributed by atoms with E-state index in [1.807, 2.05) is 6.92 Å². The van der Waals surface area contributed by atoms with Crippen molar-refractivity contribution in [3.8, 4) is 0 Å². The quantitative estimate of drug-likeness (QED) is 0.370. The lowest BCUT2D eigenvalue weighted by Crippen LogP contribution is -2.48. The van der Waals surface area contributed by atoms with Crippen molar-refractivity contribution in [2.24, 2.45) is 10.9 Å². The number of rotatable bonds is 4. The maximum atomic E-state index is 13.0. The highest BCUT2D eigenvalue weighted by Crippen LogP contribution is 2.32. The van der Waals surface area contributed by atoms with Crippen LogP contribution in [0.3, 0.4) is 0 Å². The van der Waals surface area contributed by atoms with Crippen molar-refractivity contribution < 1.29 is 17.9 Å². The van der Waals surface area contributed by atoms with Gasteiger partial charge in [0.05, 0.1) is 18.7 Å². The Morgan fingerprint density at radius 2 is 2.07 bits per heavy atom. The Labute approximate surface area is 187 Å². The molecule has 0 saturated carbocycles. The van der Waals surface area contributed by atoms with Crippen LogP contribution in [-0.2, 0) is 10.9 Å². The lowest BCUT2D eigenvalue weighted by atomic mass is 10.0. The van der Waals surface area contributed by atoms with Gasteiger partial charge in [0.25, 0.3) is 0 Å². The summed E-state index contributed by atoms with van der Waals surface area (Å²) in [5.74, 6) is 1.37. The van der Waals surface area contributed by atoms with Gasteiger partial charge in [-0.3, -0.25) is 4.99 Å². The van der Waals surface area contributed by atoms with Crippen LogP contribution in [-0.4, -0.2) is 68.7 Å². The van der Waals surface area contributed by atoms with Gasteiger partial charge < -0.3 is 19.9 Å². The number of nitrogens with one attached hydrogen (secondary N) is 1. The summed E-state index contributed by atoms with van der Waals surface area (Å²) in [5.41, 5.74) is -0.0931. The molecular formula is C20H30F3IN4O. The molecule has 5 nitrogen and oxygen atoms in total. The van der Waals surface area contributed by atoms with Gasteiger partial charge in [-0.15, -0.1) is 24.0 Å². The third-order valence-electron chi connectivity index (χ3n) is 5.27. The molecule has 0 aliphatic carbocycles. The van der Waals surface area contributed by atoms with E-state index < -0.39 is 17.8 Å². The van der Waals surface area contributed by atoms with Gasteiger partial charge in [-0.1, -0.05) is 12.1 Å². The summed E-state index contributed by atoms with van der Waals surface area (Å²) in [6.45, 7) is 7.29. The van der Waals surface area contributed by atoms with Crippen LogP contribution in [0.1, 0.15) is 30.6 Å². The molecule has 2 unspecified atom stereocenters. The van der Waals surface area contributed by atoms with E-state index in [1.54, 1.807) is 6.07 Å². The number of benzene rings is 1. The predicted octanol–water partition coefficient (Wildman–Crippen LogP) is 3.61. The normalized spacial score (nSPS) is 23.8. The third-order valence-corrected chi connectivity index (χ3v) is 5.27. The number of likely N-dealkylation sites (tertiary alicyclic amines) is 1. The molecule has 2 saturated heterocycles. The smallest absolute Gasteiger partial charge is 0.370 e. The Hall–Kier alpha value is -1.07. The first-order chi connectivity index (χ1) is 13.4. The Morgan fingerprint density at radius 1 is 1.28 bits per heavy atom. The summed E-state index contributed by atoms with van der Waals surface area (Å²) in [7, 11) is 2.12. The molecule has 3 rings (SSSR count). The highest BCUT2D eigenvalue weighted by atomic mass is 127. The second-order valence-electron chi connectivity index (χ2n) is 7.54. The van der Waals surface area contributed by atoms with Crippen LogP contribution in [0, 0.1) is 5.92 Å². The number of hydrogen-bond acceptors (Lipinski definition) is 3. The Kier molecular flexibility index (Phi) is 9.02. The number of alkyl halides is 3. The third kappa shape index (κ3) is 6.71. The molecule has 2 atom stereocenters. The predicted molar refractivity (Wildman–Crippen MR) is 119 cm³/mol. The molecule has 2 heterocycles. The van der Waals surface area contributed by atoms with Gasteiger partial charge >= 0.3 is 6.18 Å². The Morgan fingerprint density at radius 3 is 2.72 bits per heavy atom. The molecule has 0 radical (unpaired) electrons. The van der Waals surface area contributed by atoms with E-state index in [9.17, 15) is 13.2 Å². The van der Waals surface area contributed by atoms with Gasteiger partial charge in [0, 0.05) is 26.2 Å². The van der Waals surface area contributed by atoms with Gasteiger partial charge in [0.15, 0.2) is 5.96 Å². The van der Waals surface area contributed by atoms with Crippen molar-refractivity contribution >= 4 is 29.9 Å². The number of morpholine rings is 1. The van der Waals surface area contributed by atoms with Crippen molar-refractivity contribution in [1.82, 2.24) is 15.1 Å². The summed E-state index contributed by atoms with van der Waals surface area (Å²) in [6, 6.07) is 5.42. The molecule has 1 aromatic carbocycles. The highest BCUT2D eigenvalue weighted by molar-refractivity contribution is 14.0. The first kappa shape index (κ1) is 24.2. The first-order valence-electron chi connectivity index (χ1n) is 9.87. The van der Waals surface area contributed by atoms with E-state index in [0.29, 0.717) is 31.2 Å². The van der Waals surface area contributed by atoms with Gasteiger partial charge in [-0.05, 0) is 50.6 Å². The average molecular weight is 526 g/mol. The van der Waals surface area contributed by atoms with Gasteiger partial charge in [-0.2, -0.15) is 13.2 Å². The van der Waals surface area contributed by atoms with Crippen molar-refractivity contribution in [1.29, 1.82) is 0 Å². The maximum absolute atomic E-state index is 13.0. The molecular weight excluding hydrogens is 496 g/mol. The first-order valence-corrected chi connectivity index (χ1v) is 9.87. The van der Waals surface area contributed by atoms with E-state index in [2.05, 4.69) is 22.2 Å². The molecule has 9 heteroatoms. The largest absolute Gasteiger partial charge is 0.416 e. The average Bonchev–Trinajstić information content (AvgIpc) is 3.10. The second-order valence-corrected chi connectivity index (χ2v) is 7.54. The van der Waals surface area contributed by atoms with Crippen LogP contribution in [0.15, 0.2) is 29.3 Å². The fourth-order valence-corrected chi connectivity index (χ4v) is 3.78. The van der Waals surface area contributed by atoms with Crippen molar-refractivity contribution in [2.75, 3.05) is 52.9 Å². The Bertz CT molecular complexity index is 686. The highest BCUT2D eigenvalue weighted by Gasteiger charge is 2.32. The van der Waals surface area contributed by atoms with Crippen LogP contribution < -0.4 is 5.32 Å². The molecule has 2 aliphatic heterocycles. The Balaban J connectivity index is 0.00000300.